The lowest BCUT2D eigenvalue weighted by atomic mass is 9.87. The van der Waals surface area contributed by atoms with Crippen LogP contribution in [0, 0.1) is 5.41 Å². The van der Waals surface area contributed by atoms with Crippen LogP contribution in [0.25, 0.3) is 0 Å². The van der Waals surface area contributed by atoms with E-state index in [1.165, 1.54) is 0 Å². The van der Waals surface area contributed by atoms with Crippen LogP contribution in [0.3, 0.4) is 0 Å². The molecule has 0 saturated heterocycles. The maximum Gasteiger partial charge on any atom is 0.220 e. The SMILES string of the molecule is CC(O)CC(C)(C)CNC(=O)CCC(=O)c1ccccc1. The summed E-state index contributed by atoms with van der Waals surface area (Å²) in [5.41, 5.74) is 0.479. The first kappa shape index (κ1) is 17.4. The number of hydrogen-bond acceptors (Lipinski definition) is 3. The molecule has 1 amide bonds. The molecule has 0 fully saturated rings. The van der Waals surface area contributed by atoms with Crippen molar-refractivity contribution in [3.63, 3.8) is 0 Å². The molecular formula is C17H25NO3. The zero-order chi connectivity index (χ0) is 15.9. The van der Waals surface area contributed by atoms with Crippen molar-refractivity contribution in [2.75, 3.05) is 6.54 Å². The van der Waals surface area contributed by atoms with Crippen LogP contribution in [-0.4, -0.2) is 29.4 Å². The van der Waals surface area contributed by atoms with Crippen LogP contribution < -0.4 is 5.32 Å². The standard InChI is InChI=1S/C17H25NO3/c1-13(19)11-17(2,3)12-18-16(21)10-9-15(20)14-7-5-4-6-8-14/h4-8,13,19H,9-12H2,1-3H3,(H,18,21). The summed E-state index contributed by atoms with van der Waals surface area (Å²) in [6.07, 6.45) is 0.637. The molecule has 0 spiro atoms. The second kappa shape index (κ2) is 7.93. The number of rotatable bonds is 8. The summed E-state index contributed by atoms with van der Waals surface area (Å²) >= 11 is 0. The van der Waals surface area contributed by atoms with E-state index in [1.807, 2.05) is 32.0 Å². The van der Waals surface area contributed by atoms with E-state index in [9.17, 15) is 14.7 Å². The summed E-state index contributed by atoms with van der Waals surface area (Å²) in [6, 6.07) is 8.99. The largest absolute Gasteiger partial charge is 0.393 e. The normalized spacial score (nSPS) is 12.8. The highest BCUT2D eigenvalue weighted by Gasteiger charge is 2.21. The monoisotopic (exact) mass is 291 g/mol. The van der Waals surface area contributed by atoms with Crippen molar-refractivity contribution in [1.82, 2.24) is 5.32 Å². The molecule has 0 radical (unpaired) electrons. The van der Waals surface area contributed by atoms with Gasteiger partial charge < -0.3 is 10.4 Å². The van der Waals surface area contributed by atoms with Crippen LogP contribution in [0.2, 0.25) is 0 Å². The molecular weight excluding hydrogens is 266 g/mol. The molecule has 1 rings (SSSR count). The van der Waals surface area contributed by atoms with Gasteiger partial charge in [-0.1, -0.05) is 44.2 Å². The minimum Gasteiger partial charge on any atom is -0.393 e. The first-order valence-electron chi connectivity index (χ1n) is 7.33. The number of nitrogens with one attached hydrogen (secondary N) is 1. The summed E-state index contributed by atoms with van der Waals surface area (Å²) in [4.78, 5) is 23.7. The molecule has 1 unspecified atom stereocenters. The highest BCUT2D eigenvalue weighted by Crippen LogP contribution is 2.21. The maximum atomic E-state index is 11.9. The van der Waals surface area contributed by atoms with Gasteiger partial charge in [0.15, 0.2) is 5.78 Å². The number of ketones is 1. The number of amides is 1. The molecule has 0 aliphatic carbocycles. The predicted octanol–water partition coefficient (Wildman–Crippen LogP) is 2.56. The molecule has 21 heavy (non-hydrogen) atoms. The molecule has 0 heterocycles. The summed E-state index contributed by atoms with van der Waals surface area (Å²) in [5, 5.41) is 12.2. The average Bonchev–Trinajstić information content (AvgIpc) is 2.42. The molecule has 0 saturated carbocycles. The molecule has 0 aromatic heterocycles. The van der Waals surface area contributed by atoms with Gasteiger partial charge in [0.1, 0.15) is 0 Å². The van der Waals surface area contributed by atoms with Crippen molar-refractivity contribution < 1.29 is 14.7 Å². The van der Waals surface area contributed by atoms with E-state index in [0.29, 0.717) is 18.5 Å². The van der Waals surface area contributed by atoms with Gasteiger partial charge in [0.05, 0.1) is 6.10 Å². The van der Waals surface area contributed by atoms with Crippen molar-refractivity contribution in [2.45, 2.75) is 46.1 Å². The van der Waals surface area contributed by atoms with Gasteiger partial charge >= 0.3 is 0 Å². The topological polar surface area (TPSA) is 66.4 Å². The first-order valence-corrected chi connectivity index (χ1v) is 7.33. The maximum absolute atomic E-state index is 11.9. The summed E-state index contributed by atoms with van der Waals surface area (Å²) < 4.78 is 0. The Labute approximate surface area is 126 Å². The highest BCUT2D eigenvalue weighted by molar-refractivity contribution is 5.97. The Morgan fingerprint density at radius 2 is 1.81 bits per heavy atom. The fourth-order valence-electron chi connectivity index (χ4n) is 2.29. The Morgan fingerprint density at radius 1 is 1.19 bits per heavy atom. The molecule has 4 nitrogen and oxygen atoms in total. The van der Waals surface area contributed by atoms with Gasteiger partial charge in [0.2, 0.25) is 5.91 Å². The van der Waals surface area contributed by atoms with Gasteiger partial charge in [-0.25, -0.2) is 0 Å². The molecule has 4 heteroatoms. The van der Waals surface area contributed by atoms with Crippen molar-refractivity contribution in [3.05, 3.63) is 35.9 Å². The lowest BCUT2D eigenvalue weighted by Gasteiger charge is -2.26. The Morgan fingerprint density at radius 3 is 2.38 bits per heavy atom. The number of benzene rings is 1. The number of aliphatic hydroxyl groups excluding tert-OH is 1. The van der Waals surface area contributed by atoms with Crippen LogP contribution in [-0.2, 0) is 4.79 Å². The van der Waals surface area contributed by atoms with Crippen molar-refractivity contribution >= 4 is 11.7 Å². The third kappa shape index (κ3) is 7.04. The smallest absolute Gasteiger partial charge is 0.220 e. The highest BCUT2D eigenvalue weighted by atomic mass is 16.3. The van der Waals surface area contributed by atoms with Gasteiger partial charge in [0, 0.05) is 24.9 Å². The Hall–Kier alpha value is -1.68. The summed E-state index contributed by atoms with van der Waals surface area (Å²) in [5.74, 6) is -0.146. The molecule has 1 aromatic carbocycles. The summed E-state index contributed by atoms with van der Waals surface area (Å²) in [7, 11) is 0. The molecule has 0 aliphatic heterocycles. The zero-order valence-corrected chi connectivity index (χ0v) is 13.1. The number of Topliss-reactive ketones (excluding diaryl/α,β-unsaturated/α-hetero) is 1. The minimum atomic E-state index is -0.392. The van der Waals surface area contributed by atoms with E-state index in [-0.39, 0.29) is 29.9 Å². The quantitative estimate of drug-likeness (QED) is 0.723. The van der Waals surface area contributed by atoms with Gasteiger partial charge in [-0.2, -0.15) is 0 Å². The molecule has 1 atom stereocenters. The molecule has 0 aliphatic rings. The van der Waals surface area contributed by atoms with E-state index >= 15 is 0 Å². The molecule has 2 N–H and O–H groups in total. The van der Waals surface area contributed by atoms with Crippen LogP contribution in [0.5, 0.6) is 0 Å². The van der Waals surface area contributed by atoms with E-state index in [0.717, 1.165) is 0 Å². The van der Waals surface area contributed by atoms with Crippen molar-refractivity contribution in [2.24, 2.45) is 5.41 Å². The first-order chi connectivity index (χ1) is 9.80. The number of aliphatic hydroxyl groups is 1. The predicted molar refractivity (Wildman–Crippen MR) is 83.1 cm³/mol. The van der Waals surface area contributed by atoms with Gasteiger partial charge in [0.25, 0.3) is 0 Å². The van der Waals surface area contributed by atoms with E-state index in [2.05, 4.69) is 5.32 Å². The fraction of sp³-hybridized carbons (Fsp3) is 0.529. The van der Waals surface area contributed by atoms with Crippen LogP contribution in [0.4, 0.5) is 0 Å². The number of carbonyl (C=O) groups is 2. The van der Waals surface area contributed by atoms with E-state index in [1.54, 1.807) is 19.1 Å². The average molecular weight is 291 g/mol. The number of carbonyl (C=O) groups excluding carboxylic acids is 2. The van der Waals surface area contributed by atoms with Gasteiger partial charge in [-0.3, -0.25) is 9.59 Å². The third-order valence-corrected chi connectivity index (χ3v) is 3.29. The lowest BCUT2D eigenvalue weighted by Crippen LogP contribution is -2.35. The van der Waals surface area contributed by atoms with E-state index < -0.39 is 6.10 Å². The van der Waals surface area contributed by atoms with Gasteiger partial charge in [-0.15, -0.1) is 0 Å². The third-order valence-electron chi connectivity index (χ3n) is 3.29. The van der Waals surface area contributed by atoms with Crippen LogP contribution in [0.15, 0.2) is 30.3 Å². The Balaban J connectivity index is 2.33. The van der Waals surface area contributed by atoms with Crippen molar-refractivity contribution in [3.8, 4) is 0 Å². The minimum absolute atomic E-state index is 0.0195. The zero-order valence-electron chi connectivity index (χ0n) is 13.1. The molecule has 0 bridgehead atoms. The Kier molecular flexibility index (Phi) is 6.56. The summed E-state index contributed by atoms with van der Waals surface area (Å²) in [6.45, 7) is 6.22. The molecule has 1 aromatic rings. The number of hydrogen-bond donors (Lipinski definition) is 2. The van der Waals surface area contributed by atoms with E-state index in [4.69, 9.17) is 0 Å². The lowest BCUT2D eigenvalue weighted by molar-refractivity contribution is -0.121. The fourth-order valence-corrected chi connectivity index (χ4v) is 2.29. The van der Waals surface area contributed by atoms with Crippen LogP contribution >= 0.6 is 0 Å². The second-order valence-electron chi connectivity index (χ2n) is 6.28. The van der Waals surface area contributed by atoms with Gasteiger partial charge in [-0.05, 0) is 18.8 Å². The van der Waals surface area contributed by atoms with Crippen LogP contribution in [0.1, 0.15) is 50.4 Å². The second-order valence-corrected chi connectivity index (χ2v) is 6.28. The van der Waals surface area contributed by atoms with Crippen molar-refractivity contribution in [1.29, 1.82) is 0 Å². The Bertz CT molecular complexity index is 466. The molecule has 116 valence electrons.